The molecule has 0 aliphatic carbocycles. The third-order valence-corrected chi connectivity index (χ3v) is 3.76. The highest BCUT2D eigenvalue weighted by Gasteiger charge is 2.20. The molecule has 2 aromatic rings. The van der Waals surface area contributed by atoms with Gasteiger partial charge in [0.05, 0.1) is 5.92 Å². The van der Waals surface area contributed by atoms with E-state index in [9.17, 15) is 9.59 Å². The van der Waals surface area contributed by atoms with Crippen LogP contribution in [0, 0.1) is 13.8 Å². The van der Waals surface area contributed by atoms with Gasteiger partial charge in [-0.05, 0) is 51.1 Å². The third-order valence-electron chi connectivity index (χ3n) is 3.76. The van der Waals surface area contributed by atoms with Crippen LogP contribution in [0.25, 0.3) is 0 Å². The Kier molecular flexibility index (Phi) is 6.00. The fraction of sp³-hybridized carbons (Fsp3) is 0.263. The number of carbonyl (C=O) groups excluding carboxylic acids is 2. The van der Waals surface area contributed by atoms with E-state index in [1.165, 1.54) is 0 Å². The number of aryl methyl sites for hydroxylation is 2. The summed E-state index contributed by atoms with van der Waals surface area (Å²) in [4.78, 5) is 24.0. The Labute approximate surface area is 147 Å². The Hall–Kier alpha value is -3.02. The van der Waals surface area contributed by atoms with Crippen LogP contribution < -0.4 is 16.0 Å². The molecule has 25 heavy (non-hydrogen) atoms. The highest BCUT2D eigenvalue weighted by atomic mass is 16.3. The first kappa shape index (κ1) is 18.3. The van der Waals surface area contributed by atoms with Gasteiger partial charge < -0.3 is 20.4 Å². The van der Waals surface area contributed by atoms with Crippen molar-refractivity contribution in [1.82, 2.24) is 5.32 Å². The lowest BCUT2D eigenvalue weighted by Gasteiger charge is -2.12. The van der Waals surface area contributed by atoms with Gasteiger partial charge in [-0.3, -0.25) is 4.79 Å². The second-order valence-corrected chi connectivity index (χ2v) is 5.78. The van der Waals surface area contributed by atoms with E-state index < -0.39 is 0 Å². The first-order chi connectivity index (χ1) is 11.9. The summed E-state index contributed by atoms with van der Waals surface area (Å²) in [6.07, 6.45) is 1.60. The predicted molar refractivity (Wildman–Crippen MR) is 98.9 cm³/mol. The summed E-state index contributed by atoms with van der Waals surface area (Å²) in [7, 11) is 0. The number of urea groups is 1. The van der Waals surface area contributed by atoms with Gasteiger partial charge in [0.25, 0.3) is 0 Å². The highest BCUT2D eigenvalue weighted by molar-refractivity contribution is 5.96. The number of anilines is 2. The van der Waals surface area contributed by atoms with Crippen LogP contribution >= 0.6 is 0 Å². The van der Waals surface area contributed by atoms with Crippen molar-refractivity contribution in [3.63, 3.8) is 0 Å². The average Bonchev–Trinajstić information content (AvgIpc) is 2.92. The van der Waals surface area contributed by atoms with E-state index in [1.807, 2.05) is 26.8 Å². The van der Waals surface area contributed by atoms with Gasteiger partial charge in [-0.2, -0.15) is 0 Å². The highest BCUT2D eigenvalue weighted by Crippen LogP contribution is 2.24. The molecule has 132 valence electrons. The summed E-state index contributed by atoms with van der Waals surface area (Å²) < 4.78 is 5.48. The molecule has 6 nitrogen and oxygen atoms in total. The molecular weight excluding hydrogens is 318 g/mol. The maximum Gasteiger partial charge on any atom is 0.319 e. The second-order valence-electron chi connectivity index (χ2n) is 5.78. The van der Waals surface area contributed by atoms with Crippen LogP contribution in [0.5, 0.6) is 0 Å². The van der Waals surface area contributed by atoms with Crippen molar-refractivity contribution >= 4 is 23.3 Å². The van der Waals surface area contributed by atoms with Gasteiger partial charge in [-0.25, -0.2) is 4.79 Å². The quantitative estimate of drug-likeness (QED) is 0.696. The smallest absolute Gasteiger partial charge is 0.319 e. The van der Waals surface area contributed by atoms with Crippen LogP contribution in [-0.2, 0) is 4.79 Å². The van der Waals surface area contributed by atoms with E-state index >= 15 is 0 Å². The van der Waals surface area contributed by atoms with Crippen LogP contribution in [-0.4, -0.2) is 18.5 Å². The number of benzene rings is 1. The van der Waals surface area contributed by atoms with E-state index in [1.54, 1.807) is 30.3 Å². The van der Waals surface area contributed by atoms with Gasteiger partial charge in [0.1, 0.15) is 11.5 Å². The summed E-state index contributed by atoms with van der Waals surface area (Å²) in [6, 6.07) is 8.50. The number of furan rings is 1. The molecule has 1 aromatic carbocycles. The first-order valence-electron chi connectivity index (χ1n) is 8.04. The van der Waals surface area contributed by atoms with Gasteiger partial charge in [-0.15, -0.1) is 6.58 Å². The van der Waals surface area contributed by atoms with Crippen molar-refractivity contribution in [3.8, 4) is 0 Å². The number of rotatable bonds is 6. The van der Waals surface area contributed by atoms with Crippen molar-refractivity contribution < 1.29 is 14.0 Å². The lowest BCUT2D eigenvalue weighted by molar-refractivity contribution is -0.117. The zero-order valence-corrected chi connectivity index (χ0v) is 14.7. The molecule has 0 radical (unpaired) electrons. The van der Waals surface area contributed by atoms with Crippen molar-refractivity contribution in [1.29, 1.82) is 0 Å². The molecule has 0 saturated carbocycles. The largest absolute Gasteiger partial charge is 0.466 e. The van der Waals surface area contributed by atoms with E-state index in [4.69, 9.17) is 4.42 Å². The van der Waals surface area contributed by atoms with Crippen LogP contribution in [0.1, 0.15) is 29.9 Å². The second kappa shape index (κ2) is 8.19. The maximum atomic E-state index is 12.4. The molecule has 1 aromatic heterocycles. The molecule has 1 atom stereocenters. The fourth-order valence-electron chi connectivity index (χ4n) is 2.45. The Balaban J connectivity index is 1.96. The summed E-state index contributed by atoms with van der Waals surface area (Å²) in [5.41, 5.74) is 2.17. The normalized spacial score (nSPS) is 11.5. The molecule has 3 amide bonds. The van der Waals surface area contributed by atoms with E-state index in [0.717, 1.165) is 17.1 Å². The maximum absolute atomic E-state index is 12.4. The topological polar surface area (TPSA) is 83.4 Å². The minimum atomic E-state index is -0.320. The van der Waals surface area contributed by atoms with Gasteiger partial charge in [0.2, 0.25) is 5.91 Å². The summed E-state index contributed by atoms with van der Waals surface area (Å²) in [5.74, 6) is 1.11. The summed E-state index contributed by atoms with van der Waals surface area (Å²) in [6.45, 7) is 9.48. The number of amides is 3. The molecule has 1 unspecified atom stereocenters. The van der Waals surface area contributed by atoms with Crippen molar-refractivity contribution in [3.05, 3.63) is 60.1 Å². The Bertz CT molecular complexity index is 763. The van der Waals surface area contributed by atoms with Crippen LogP contribution in [0.3, 0.4) is 0 Å². The molecule has 1 heterocycles. The van der Waals surface area contributed by atoms with E-state index in [0.29, 0.717) is 17.9 Å². The first-order valence-corrected chi connectivity index (χ1v) is 8.04. The zero-order valence-electron chi connectivity index (χ0n) is 14.7. The van der Waals surface area contributed by atoms with Crippen molar-refractivity contribution in [2.75, 3.05) is 17.2 Å². The zero-order chi connectivity index (χ0) is 18.4. The molecule has 0 spiro atoms. The predicted octanol–water partition coefficient (Wildman–Crippen LogP) is 3.95. The lowest BCUT2D eigenvalue weighted by Crippen LogP contribution is -2.28. The third kappa shape index (κ3) is 4.97. The molecule has 0 aliphatic rings. The number of hydrogen-bond donors (Lipinski definition) is 3. The van der Waals surface area contributed by atoms with Crippen LogP contribution in [0.4, 0.5) is 16.2 Å². The molecule has 2 rings (SSSR count). The molecular formula is C19H23N3O3. The molecule has 0 aliphatic heterocycles. The molecule has 0 fully saturated rings. The van der Waals surface area contributed by atoms with Crippen molar-refractivity contribution in [2.45, 2.75) is 26.7 Å². The lowest BCUT2D eigenvalue weighted by atomic mass is 10.0. The van der Waals surface area contributed by atoms with Gasteiger partial charge in [0.15, 0.2) is 0 Å². The number of nitrogens with one attached hydrogen (secondary N) is 3. The van der Waals surface area contributed by atoms with E-state index in [2.05, 4.69) is 22.5 Å². The molecule has 3 N–H and O–H groups in total. The summed E-state index contributed by atoms with van der Waals surface area (Å²) >= 11 is 0. The minimum Gasteiger partial charge on any atom is -0.466 e. The molecule has 0 saturated heterocycles. The van der Waals surface area contributed by atoms with E-state index in [-0.39, 0.29) is 17.9 Å². The fourth-order valence-corrected chi connectivity index (χ4v) is 2.45. The Morgan fingerprint density at radius 3 is 2.28 bits per heavy atom. The number of hydrogen-bond acceptors (Lipinski definition) is 3. The SMILES string of the molecule is C=CCNC(=O)Nc1ccc(NC(=O)C(C)c2cc(C)oc2C)cc1. The van der Waals surface area contributed by atoms with Crippen LogP contribution in [0.2, 0.25) is 0 Å². The Morgan fingerprint density at radius 1 is 1.16 bits per heavy atom. The van der Waals surface area contributed by atoms with Gasteiger partial charge in [-0.1, -0.05) is 6.08 Å². The average molecular weight is 341 g/mol. The molecule has 0 bridgehead atoms. The van der Waals surface area contributed by atoms with Crippen molar-refractivity contribution in [2.24, 2.45) is 0 Å². The van der Waals surface area contributed by atoms with Gasteiger partial charge >= 0.3 is 6.03 Å². The Morgan fingerprint density at radius 2 is 1.76 bits per heavy atom. The molecule has 6 heteroatoms. The van der Waals surface area contributed by atoms with Gasteiger partial charge in [0, 0.05) is 23.5 Å². The summed E-state index contributed by atoms with van der Waals surface area (Å²) in [5, 5.41) is 8.18. The van der Waals surface area contributed by atoms with Crippen LogP contribution in [0.15, 0.2) is 47.4 Å². The minimum absolute atomic E-state index is 0.117. The number of carbonyl (C=O) groups is 2. The monoisotopic (exact) mass is 341 g/mol. The standard InChI is InChI=1S/C19H23N3O3/c1-5-10-20-19(24)22-16-8-6-15(7-9-16)21-18(23)13(3)17-11-12(2)25-14(17)4/h5-9,11,13H,1,10H2,2-4H3,(H,21,23)(H2,20,22,24).